The first-order valence-corrected chi connectivity index (χ1v) is 10.1. The van der Waals surface area contributed by atoms with E-state index in [1.807, 2.05) is 6.20 Å². The molecule has 4 rings (SSSR count). The maximum atomic E-state index is 6.27. The molecular weight excluding hydrogens is 358 g/mol. The number of halogens is 1. The predicted molar refractivity (Wildman–Crippen MR) is 101 cm³/mol. The summed E-state index contributed by atoms with van der Waals surface area (Å²) in [6.45, 7) is 4.57. The third kappa shape index (κ3) is 4.13. The van der Waals surface area contributed by atoms with Gasteiger partial charge in [-0.2, -0.15) is 0 Å². The second-order valence-corrected chi connectivity index (χ2v) is 8.45. The van der Waals surface area contributed by atoms with Gasteiger partial charge in [0.15, 0.2) is 0 Å². The molecule has 2 aliphatic rings. The molecule has 4 heterocycles. The number of ether oxygens (including phenoxy) is 1. The summed E-state index contributed by atoms with van der Waals surface area (Å²) >= 11 is 8.03. The fraction of sp³-hybridized carbons (Fsp3) is 0.647. The van der Waals surface area contributed by atoms with Gasteiger partial charge in [0, 0.05) is 30.2 Å². The van der Waals surface area contributed by atoms with Gasteiger partial charge >= 0.3 is 0 Å². The van der Waals surface area contributed by atoms with Crippen molar-refractivity contribution in [3.8, 4) is 0 Å². The highest BCUT2D eigenvalue weighted by molar-refractivity contribution is 7.19. The molecule has 2 saturated heterocycles. The van der Waals surface area contributed by atoms with Crippen LogP contribution in [-0.4, -0.2) is 71.2 Å². The summed E-state index contributed by atoms with van der Waals surface area (Å²) in [6.07, 6.45) is 6.01. The molecule has 2 aromatic heterocycles. The Balaban J connectivity index is 1.58. The van der Waals surface area contributed by atoms with Gasteiger partial charge < -0.3 is 9.64 Å². The highest BCUT2D eigenvalue weighted by atomic mass is 35.5. The van der Waals surface area contributed by atoms with Crippen LogP contribution in [0, 0.1) is 0 Å². The van der Waals surface area contributed by atoms with Gasteiger partial charge in [-0.15, -0.1) is 11.3 Å². The molecule has 0 aliphatic carbocycles. The van der Waals surface area contributed by atoms with Gasteiger partial charge in [-0.25, -0.2) is 9.97 Å². The van der Waals surface area contributed by atoms with E-state index in [0.29, 0.717) is 12.6 Å². The van der Waals surface area contributed by atoms with Gasteiger partial charge in [0.2, 0.25) is 0 Å². The summed E-state index contributed by atoms with van der Waals surface area (Å²) in [5.41, 5.74) is 0.769. The Bertz CT molecular complexity index is 672. The van der Waals surface area contributed by atoms with E-state index in [2.05, 4.69) is 38.2 Å². The number of piperidine rings is 1. The lowest BCUT2D eigenvalue weighted by molar-refractivity contribution is -0.0154. The SMILES string of the molecule is CN1CCC(NC(c2cc3ncncc3s2)N2CCOC(Cl)C2)CC1. The topological polar surface area (TPSA) is 53.5 Å². The van der Waals surface area contributed by atoms with Crippen molar-refractivity contribution in [2.24, 2.45) is 0 Å². The fourth-order valence-corrected chi connectivity index (χ4v) is 4.92. The Kier molecular flexibility index (Phi) is 5.50. The van der Waals surface area contributed by atoms with Crippen molar-refractivity contribution in [1.29, 1.82) is 0 Å². The lowest BCUT2D eigenvalue weighted by Crippen LogP contribution is -2.51. The highest BCUT2D eigenvalue weighted by Crippen LogP contribution is 2.32. The van der Waals surface area contributed by atoms with Crippen LogP contribution < -0.4 is 5.32 Å². The van der Waals surface area contributed by atoms with Crippen molar-refractivity contribution in [3.63, 3.8) is 0 Å². The second kappa shape index (κ2) is 7.82. The Morgan fingerprint density at radius 2 is 2.20 bits per heavy atom. The highest BCUT2D eigenvalue weighted by Gasteiger charge is 2.30. The van der Waals surface area contributed by atoms with Crippen molar-refractivity contribution >= 4 is 33.2 Å². The van der Waals surface area contributed by atoms with Crippen LogP contribution in [0.3, 0.4) is 0 Å². The molecule has 8 heteroatoms. The first kappa shape index (κ1) is 17.6. The first-order chi connectivity index (χ1) is 12.2. The van der Waals surface area contributed by atoms with E-state index in [0.717, 1.165) is 36.4 Å². The van der Waals surface area contributed by atoms with Crippen molar-refractivity contribution in [3.05, 3.63) is 23.5 Å². The van der Waals surface area contributed by atoms with Gasteiger partial charge in [0.25, 0.3) is 0 Å². The number of thiophene rings is 1. The molecule has 2 aromatic rings. The molecule has 0 radical (unpaired) electrons. The third-order valence-corrected chi connectivity index (χ3v) is 6.39. The Labute approximate surface area is 157 Å². The number of nitrogens with one attached hydrogen (secondary N) is 1. The minimum Gasteiger partial charge on any atom is -0.360 e. The average Bonchev–Trinajstić information content (AvgIpc) is 3.05. The van der Waals surface area contributed by atoms with Crippen LogP contribution in [0.5, 0.6) is 0 Å². The van der Waals surface area contributed by atoms with Crippen molar-refractivity contribution < 1.29 is 4.74 Å². The number of nitrogens with zero attached hydrogens (tertiary/aromatic N) is 4. The number of likely N-dealkylation sites (tertiary alicyclic amines) is 1. The van der Waals surface area contributed by atoms with E-state index < -0.39 is 0 Å². The maximum absolute atomic E-state index is 6.27. The number of rotatable bonds is 4. The number of morpholine rings is 1. The normalized spacial score (nSPS) is 25.4. The van der Waals surface area contributed by atoms with Crippen LogP contribution in [0.15, 0.2) is 18.6 Å². The summed E-state index contributed by atoms with van der Waals surface area (Å²) < 4.78 is 6.66. The maximum Gasteiger partial charge on any atom is 0.143 e. The molecule has 0 saturated carbocycles. The van der Waals surface area contributed by atoms with Crippen LogP contribution in [0.2, 0.25) is 0 Å². The zero-order valence-corrected chi connectivity index (χ0v) is 16.0. The molecule has 2 atom stereocenters. The summed E-state index contributed by atoms with van der Waals surface area (Å²) in [7, 11) is 2.19. The van der Waals surface area contributed by atoms with Crippen molar-refractivity contribution in [1.82, 2.24) is 25.1 Å². The van der Waals surface area contributed by atoms with E-state index >= 15 is 0 Å². The number of alkyl halides is 1. The van der Waals surface area contributed by atoms with Crippen LogP contribution in [0.25, 0.3) is 10.2 Å². The van der Waals surface area contributed by atoms with Crippen LogP contribution >= 0.6 is 22.9 Å². The lowest BCUT2D eigenvalue weighted by Gasteiger charge is -2.40. The van der Waals surface area contributed by atoms with E-state index in [-0.39, 0.29) is 11.7 Å². The number of hydrogen-bond donors (Lipinski definition) is 1. The molecule has 2 aliphatic heterocycles. The Morgan fingerprint density at radius 3 is 2.96 bits per heavy atom. The lowest BCUT2D eigenvalue weighted by atomic mass is 10.0. The molecule has 0 amide bonds. The first-order valence-electron chi connectivity index (χ1n) is 8.83. The second-order valence-electron chi connectivity index (χ2n) is 6.84. The molecule has 6 nitrogen and oxygen atoms in total. The quantitative estimate of drug-likeness (QED) is 0.820. The molecule has 0 aromatic carbocycles. The standard InChI is InChI=1S/C17H24ClN5OS/c1-22-4-2-12(3-5-22)21-17(23-6-7-24-16(18)10-23)14-8-13-15(25-14)9-19-11-20-13/h8-9,11-12,16-17,21H,2-7,10H2,1H3. The van der Waals surface area contributed by atoms with E-state index in [1.165, 1.54) is 17.7 Å². The molecule has 2 unspecified atom stereocenters. The molecule has 0 spiro atoms. The monoisotopic (exact) mass is 381 g/mol. The largest absolute Gasteiger partial charge is 0.360 e. The molecule has 0 bridgehead atoms. The molecule has 136 valence electrons. The van der Waals surface area contributed by atoms with Gasteiger partial charge in [0.05, 0.1) is 23.0 Å². The van der Waals surface area contributed by atoms with E-state index in [4.69, 9.17) is 16.3 Å². The minimum absolute atomic E-state index is 0.151. The van der Waals surface area contributed by atoms with E-state index in [9.17, 15) is 0 Å². The van der Waals surface area contributed by atoms with Gasteiger partial charge in [0.1, 0.15) is 11.9 Å². The van der Waals surface area contributed by atoms with E-state index in [1.54, 1.807) is 17.7 Å². The smallest absolute Gasteiger partial charge is 0.143 e. The summed E-state index contributed by atoms with van der Waals surface area (Å²) in [5.74, 6) is 0. The van der Waals surface area contributed by atoms with Crippen molar-refractivity contribution in [2.75, 3.05) is 39.8 Å². The summed E-state index contributed by atoms with van der Waals surface area (Å²) in [5, 5.41) is 3.89. The van der Waals surface area contributed by atoms with Crippen LogP contribution in [0.4, 0.5) is 0 Å². The molecular formula is C17H24ClN5OS. The fourth-order valence-electron chi connectivity index (χ4n) is 3.57. The molecule has 25 heavy (non-hydrogen) atoms. The molecule has 1 N–H and O–H groups in total. The number of fused-ring (bicyclic) bond motifs is 1. The summed E-state index contributed by atoms with van der Waals surface area (Å²) in [4.78, 5) is 14.6. The zero-order chi connectivity index (χ0) is 17.2. The van der Waals surface area contributed by atoms with Crippen LogP contribution in [-0.2, 0) is 4.74 Å². The van der Waals surface area contributed by atoms with Crippen molar-refractivity contribution in [2.45, 2.75) is 30.6 Å². The van der Waals surface area contributed by atoms with Gasteiger partial charge in [-0.05, 0) is 39.0 Å². The van der Waals surface area contributed by atoms with Gasteiger partial charge in [-0.3, -0.25) is 10.2 Å². The van der Waals surface area contributed by atoms with Crippen LogP contribution in [0.1, 0.15) is 23.9 Å². The Morgan fingerprint density at radius 1 is 1.36 bits per heavy atom. The number of hydrogen-bond acceptors (Lipinski definition) is 7. The third-order valence-electron chi connectivity index (χ3n) is 5.02. The minimum atomic E-state index is -0.246. The zero-order valence-electron chi connectivity index (χ0n) is 14.4. The number of aromatic nitrogens is 2. The van der Waals surface area contributed by atoms with Gasteiger partial charge in [-0.1, -0.05) is 11.6 Å². The molecule has 2 fully saturated rings. The predicted octanol–water partition coefficient (Wildman–Crippen LogP) is 2.27. The Hall–Kier alpha value is -0.830. The summed E-state index contributed by atoms with van der Waals surface area (Å²) in [6, 6.07) is 2.71. The average molecular weight is 382 g/mol.